The van der Waals surface area contributed by atoms with Crippen LogP contribution in [0.4, 0.5) is 0 Å². The van der Waals surface area contributed by atoms with Gasteiger partial charge in [0.15, 0.2) is 0 Å². The van der Waals surface area contributed by atoms with Crippen molar-refractivity contribution in [2.45, 2.75) is 33.2 Å². The lowest BCUT2D eigenvalue weighted by molar-refractivity contribution is 0.510. The number of benzene rings is 1. The van der Waals surface area contributed by atoms with E-state index in [0.29, 0.717) is 5.69 Å². The summed E-state index contributed by atoms with van der Waals surface area (Å²) >= 11 is 0. The molecule has 0 aliphatic rings. The van der Waals surface area contributed by atoms with Crippen LogP contribution in [-0.2, 0) is 5.54 Å². The molecule has 0 amide bonds. The number of hydrogen-bond donors (Lipinski definition) is 1. The highest BCUT2D eigenvalue weighted by Crippen LogP contribution is 2.14. The Labute approximate surface area is 112 Å². The minimum atomic E-state index is -0.753. The molecule has 0 radical (unpaired) electrons. The Morgan fingerprint density at radius 3 is 2.26 bits per heavy atom. The lowest BCUT2D eigenvalue weighted by Gasteiger charge is -2.19. The third-order valence-electron chi connectivity index (χ3n) is 3.00. The molecule has 0 unspecified atom stereocenters. The average Bonchev–Trinajstić information content (AvgIpc) is 2.29. The fourth-order valence-corrected chi connectivity index (χ4v) is 1.94. The normalized spacial score (nSPS) is 11.6. The molecule has 1 aromatic carbocycles. The summed E-state index contributed by atoms with van der Waals surface area (Å²) in [7, 11) is 0. The molecule has 0 aliphatic carbocycles. The molecule has 4 nitrogen and oxygen atoms in total. The molecule has 0 atom stereocenters. The largest absolute Gasteiger partial charge is 0.320 e. The molecule has 0 bridgehead atoms. The van der Waals surface area contributed by atoms with Crippen LogP contribution in [0.3, 0.4) is 0 Å². The van der Waals surface area contributed by atoms with E-state index in [2.05, 4.69) is 5.10 Å². The topological polar surface area (TPSA) is 60.9 Å². The zero-order chi connectivity index (χ0) is 14.2. The maximum Gasteiger partial charge on any atom is 0.205 e. The van der Waals surface area contributed by atoms with Gasteiger partial charge in [0, 0.05) is 11.8 Å². The summed E-state index contributed by atoms with van der Waals surface area (Å²) in [6, 6.07) is 9.57. The van der Waals surface area contributed by atoms with E-state index in [9.17, 15) is 4.79 Å². The molecule has 4 heteroatoms. The molecule has 0 aliphatic heterocycles. The summed E-state index contributed by atoms with van der Waals surface area (Å²) in [6.45, 7) is 7.46. The van der Waals surface area contributed by atoms with Crippen LogP contribution < -0.4 is 11.2 Å². The van der Waals surface area contributed by atoms with E-state index in [-0.39, 0.29) is 5.43 Å². The molecule has 1 aromatic heterocycles. The van der Waals surface area contributed by atoms with Crippen LogP contribution in [0.25, 0.3) is 5.69 Å². The summed E-state index contributed by atoms with van der Waals surface area (Å²) in [5.41, 5.74) is 8.41. The maximum absolute atomic E-state index is 12.0. The zero-order valence-electron chi connectivity index (χ0n) is 11.8. The highest BCUT2D eigenvalue weighted by Gasteiger charge is 2.21. The van der Waals surface area contributed by atoms with E-state index < -0.39 is 5.54 Å². The molecule has 2 aromatic rings. The van der Waals surface area contributed by atoms with Crippen molar-refractivity contribution in [2.75, 3.05) is 0 Å². The van der Waals surface area contributed by atoms with Crippen LogP contribution in [0.5, 0.6) is 0 Å². The Balaban J connectivity index is 2.64. The summed E-state index contributed by atoms with van der Waals surface area (Å²) in [4.78, 5) is 12.0. The fourth-order valence-electron chi connectivity index (χ4n) is 1.94. The number of aryl methyl sites for hydroxylation is 2. The number of nitrogens with two attached hydrogens (primary N) is 1. The minimum Gasteiger partial charge on any atom is -0.320 e. The van der Waals surface area contributed by atoms with E-state index in [1.165, 1.54) is 5.56 Å². The molecule has 1 heterocycles. The smallest absolute Gasteiger partial charge is 0.205 e. The molecule has 2 rings (SSSR count). The molecule has 0 saturated carbocycles. The van der Waals surface area contributed by atoms with Gasteiger partial charge in [-0.05, 0) is 39.8 Å². The SMILES string of the molecule is Cc1ccc(-n2nc(C(C)(C)N)c(=O)cc2C)cc1. The summed E-state index contributed by atoms with van der Waals surface area (Å²) in [5, 5.41) is 4.42. The first-order chi connectivity index (χ1) is 8.79. The molecule has 0 fully saturated rings. The Bertz CT molecular complexity index is 649. The van der Waals surface area contributed by atoms with E-state index >= 15 is 0 Å². The first-order valence-corrected chi connectivity index (χ1v) is 6.26. The van der Waals surface area contributed by atoms with Gasteiger partial charge < -0.3 is 5.73 Å². The van der Waals surface area contributed by atoms with E-state index in [0.717, 1.165) is 11.4 Å². The molecular weight excluding hydrogens is 238 g/mol. The average molecular weight is 257 g/mol. The standard InChI is InChI=1S/C15H19N3O/c1-10-5-7-12(8-6-10)18-11(2)9-13(19)14(17-18)15(3,4)16/h5-9H,16H2,1-4H3. The van der Waals surface area contributed by atoms with Crippen LogP contribution in [0.1, 0.15) is 30.8 Å². The van der Waals surface area contributed by atoms with Gasteiger partial charge in [-0.15, -0.1) is 0 Å². The highest BCUT2D eigenvalue weighted by atomic mass is 16.1. The molecule has 2 N–H and O–H groups in total. The monoisotopic (exact) mass is 257 g/mol. The van der Waals surface area contributed by atoms with Crippen molar-refractivity contribution >= 4 is 0 Å². The lowest BCUT2D eigenvalue weighted by atomic mass is 10.0. The van der Waals surface area contributed by atoms with Gasteiger partial charge >= 0.3 is 0 Å². The van der Waals surface area contributed by atoms with Gasteiger partial charge in [-0.2, -0.15) is 5.10 Å². The molecule has 0 saturated heterocycles. The van der Waals surface area contributed by atoms with Crippen molar-refractivity contribution in [1.82, 2.24) is 9.78 Å². The van der Waals surface area contributed by atoms with Crippen LogP contribution >= 0.6 is 0 Å². The van der Waals surface area contributed by atoms with Gasteiger partial charge in [0.1, 0.15) is 5.69 Å². The fraction of sp³-hybridized carbons (Fsp3) is 0.333. The highest BCUT2D eigenvalue weighted by molar-refractivity contribution is 5.35. The van der Waals surface area contributed by atoms with Crippen molar-refractivity contribution < 1.29 is 0 Å². The first kappa shape index (κ1) is 13.5. The van der Waals surface area contributed by atoms with Crippen LogP contribution in [0.15, 0.2) is 35.1 Å². The molecule has 100 valence electrons. The van der Waals surface area contributed by atoms with Crippen molar-refractivity contribution in [2.24, 2.45) is 5.73 Å². The summed E-state index contributed by atoms with van der Waals surface area (Å²) in [6.07, 6.45) is 0. The Hall–Kier alpha value is -1.94. The number of nitrogens with zero attached hydrogens (tertiary/aromatic N) is 2. The third kappa shape index (κ3) is 2.74. The van der Waals surface area contributed by atoms with Gasteiger partial charge in [0.25, 0.3) is 0 Å². The maximum atomic E-state index is 12.0. The predicted molar refractivity (Wildman–Crippen MR) is 76.5 cm³/mol. The third-order valence-corrected chi connectivity index (χ3v) is 3.00. The molecule has 19 heavy (non-hydrogen) atoms. The van der Waals surface area contributed by atoms with Crippen molar-refractivity contribution in [3.8, 4) is 5.69 Å². The lowest BCUT2D eigenvalue weighted by Crippen LogP contribution is -2.37. The van der Waals surface area contributed by atoms with Crippen molar-refractivity contribution in [1.29, 1.82) is 0 Å². The van der Waals surface area contributed by atoms with Crippen LogP contribution in [-0.4, -0.2) is 9.78 Å². The van der Waals surface area contributed by atoms with E-state index in [1.807, 2.05) is 38.1 Å². The minimum absolute atomic E-state index is 0.117. The van der Waals surface area contributed by atoms with Gasteiger partial charge in [-0.3, -0.25) is 4.79 Å². The Morgan fingerprint density at radius 2 is 1.74 bits per heavy atom. The molecule has 0 spiro atoms. The second kappa shape index (κ2) is 4.63. The van der Waals surface area contributed by atoms with Crippen LogP contribution in [0, 0.1) is 13.8 Å². The second-order valence-corrected chi connectivity index (χ2v) is 5.47. The van der Waals surface area contributed by atoms with Crippen molar-refractivity contribution in [3.05, 3.63) is 57.5 Å². The summed E-state index contributed by atoms with van der Waals surface area (Å²) < 4.78 is 1.75. The zero-order valence-corrected chi connectivity index (χ0v) is 11.8. The van der Waals surface area contributed by atoms with Gasteiger partial charge in [-0.25, -0.2) is 4.68 Å². The quantitative estimate of drug-likeness (QED) is 0.895. The first-order valence-electron chi connectivity index (χ1n) is 6.26. The van der Waals surface area contributed by atoms with Gasteiger partial charge in [-0.1, -0.05) is 17.7 Å². The van der Waals surface area contributed by atoms with E-state index in [1.54, 1.807) is 24.6 Å². The number of aromatic nitrogens is 2. The van der Waals surface area contributed by atoms with Crippen molar-refractivity contribution in [3.63, 3.8) is 0 Å². The van der Waals surface area contributed by atoms with Gasteiger partial charge in [0.2, 0.25) is 5.43 Å². The van der Waals surface area contributed by atoms with Gasteiger partial charge in [0.05, 0.1) is 11.2 Å². The summed E-state index contributed by atoms with van der Waals surface area (Å²) in [5.74, 6) is 0. The molecular formula is C15H19N3O. The number of rotatable bonds is 2. The van der Waals surface area contributed by atoms with E-state index in [4.69, 9.17) is 5.73 Å². The second-order valence-electron chi connectivity index (χ2n) is 5.47. The Kier molecular flexibility index (Phi) is 3.28. The Morgan fingerprint density at radius 1 is 1.16 bits per heavy atom. The number of hydrogen-bond acceptors (Lipinski definition) is 3. The van der Waals surface area contributed by atoms with Crippen LogP contribution in [0.2, 0.25) is 0 Å². The predicted octanol–water partition coefficient (Wildman–Crippen LogP) is 2.04.